The number of carboxylic acids is 1. The summed E-state index contributed by atoms with van der Waals surface area (Å²) in [5.74, 6) is -1.08. The molecule has 1 saturated heterocycles. The summed E-state index contributed by atoms with van der Waals surface area (Å²) in [5.41, 5.74) is 0.765. The molecule has 6 aliphatic rings. The van der Waals surface area contributed by atoms with Gasteiger partial charge >= 0.3 is 12.1 Å². The van der Waals surface area contributed by atoms with Crippen LogP contribution in [0.5, 0.6) is 0 Å². The van der Waals surface area contributed by atoms with E-state index in [0.717, 1.165) is 57.3 Å². The fourth-order valence-corrected chi connectivity index (χ4v) is 10.8. The number of nitrogens with one attached hydrogen (secondary N) is 1. The lowest BCUT2D eigenvalue weighted by molar-refractivity contribution is -0.140. The summed E-state index contributed by atoms with van der Waals surface area (Å²) < 4.78 is 53.4. The predicted octanol–water partition coefficient (Wildman–Crippen LogP) is 8.00. The number of carboxylic acid groups (broad SMARTS) is 1. The number of likely N-dealkylation sites (tertiary alicyclic amines) is 1. The lowest BCUT2D eigenvalue weighted by atomic mass is 9.67. The van der Waals surface area contributed by atoms with E-state index in [1.54, 1.807) is 0 Å². The van der Waals surface area contributed by atoms with E-state index in [0.29, 0.717) is 49.1 Å². The number of rotatable bonds is 8. The molecule has 2 N–H and O–H groups in total. The second-order valence-corrected chi connectivity index (χ2v) is 17.2. The van der Waals surface area contributed by atoms with Crippen molar-refractivity contribution in [3.63, 3.8) is 0 Å². The van der Waals surface area contributed by atoms with Crippen molar-refractivity contribution in [2.24, 2.45) is 40.4 Å². The quantitative estimate of drug-likeness (QED) is 0.265. The molecule has 4 saturated carbocycles. The van der Waals surface area contributed by atoms with Gasteiger partial charge in [0.25, 0.3) is 0 Å². The van der Waals surface area contributed by atoms with Crippen LogP contribution in [-0.2, 0) is 37.3 Å². The van der Waals surface area contributed by atoms with Gasteiger partial charge in [-0.15, -0.1) is 0 Å². The Morgan fingerprint density at radius 3 is 2.35 bits per heavy atom. The van der Waals surface area contributed by atoms with E-state index in [9.17, 15) is 36.7 Å². The third-order valence-corrected chi connectivity index (χ3v) is 14.2. The molecule has 54 heavy (non-hydrogen) atoms. The number of carbonyl (C=O) groups is 4. The molecule has 9 atom stereocenters. The first kappa shape index (κ1) is 38.4. The van der Waals surface area contributed by atoms with E-state index in [4.69, 9.17) is 5.11 Å². The van der Waals surface area contributed by atoms with Gasteiger partial charge in [0.15, 0.2) is 0 Å². The molecule has 5 aliphatic carbocycles. The first-order chi connectivity index (χ1) is 25.5. The maximum absolute atomic E-state index is 13.9. The average molecular weight is 751 g/mol. The SMILES string of the molecule is CC(=O)C1(C2CC2C(=O)O)CCC(=O)C1.CC1CC1C1(C(=O)NCc2cc(F)cc(C(F)(F)F)c2)CCC(N2CC[C@@]3(C=Cc4ccccc43)[C@@H](C)C2)C1. The zero-order valence-electron chi connectivity index (χ0n) is 31.2. The van der Waals surface area contributed by atoms with Crippen LogP contribution in [0.2, 0.25) is 0 Å². The monoisotopic (exact) mass is 750 g/mol. The van der Waals surface area contributed by atoms with E-state index >= 15 is 0 Å². The number of Topliss-reactive ketones (excluding diaryl/α,β-unsaturated/α-hetero) is 2. The Morgan fingerprint density at radius 2 is 1.74 bits per heavy atom. The highest BCUT2D eigenvalue weighted by Crippen LogP contribution is 2.60. The molecule has 0 radical (unpaired) electrons. The topological polar surface area (TPSA) is 104 Å². The number of piperidine rings is 1. The maximum atomic E-state index is 13.9. The number of allylic oxidation sites excluding steroid dienone is 1. The van der Waals surface area contributed by atoms with Gasteiger partial charge < -0.3 is 10.4 Å². The normalized spacial score (nSPS) is 35.4. The van der Waals surface area contributed by atoms with Gasteiger partial charge in [-0.3, -0.25) is 24.1 Å². The summed E-state index contributed by atoms with van der Waals surface area (Å²) in [4.78, 5) is 50.0. The van der Waals surface area contributed by atoms with Crippen LogP contribution in [0.25, 0.3) is 6.08 Å². The van der Waals surface area contributed by atoms with Crippen LogP contribution < -0.4 is 5.32 Å². The Bertz CT molecular complexity index is 1880. The Balaban J connectivity index is 0.000000251. The molecule has 0 aromatic heterocycles. The minimum atomic E-state index is -4.63. The minimum absolute atomic E-state index is 0.0119. The number of aliphatic carboxylic acids is 1. The number of amides is 1. The molecule has 2 aromatic rings. The van der Waals surface area contributed by atoms with Crippen LogP contribution in [0, 0.1) is 46.2 Å². The molecule has 1 amide bonds. The molecule has 1 aliphatic heterocycles. The summed E-state index contributed by atoms with van der Waals surface area (Å²) in [6.45, 7) is 7.84. The molecule has 0 bridgehead atoms. The molecule has 7 nitrogen and oxygen atoms in total. The van der Waals surface area contributed by atoms with E-state index in [1.165, 1.54) is 18.1 Å². The van der Waals surface area contributed by atoms with Crippen molar-refractivity contribution in [1.29, 1.82) is 0 Å². The summed E-state index contributed by atoms with van der Waals surface area (Å²) in [5, 5.41) is 11.8. The van der Waals surface area contributed by atoms with Gasteiger partial charge in [-0.2, -0.15) is 13.2 Å². The Morgan fingerprint density at radius 1 is 1.00 bits per heavy atom. The zero-order chi connectivity index (χ0) is 38.8. The molecular weight excluding hydrogens is 700 g/mol. The Labute approximate surface area is 313 Å². The highest BCUT2D eigenvalue weighted by Gasteiger charge is 2.61. The van der Waals surface area contributed by atoms with Crippen LogP contribution in [0.15, 0.2) is 48.5 Å². The Kier molecular flexibility index (Phi) is 9.97. The fourth-order valence-electron chi connectivity index (χ4n) is 10.8. The number of nitrogens with zero attached hydrogens (tertiary/aromatic N) is 1. The predicted molar refractivity (Wildman–Crippen MR) is 194 cm³/mol. The smallest absolute Gasteiger partial charge is 0.416 e. The molecule has 2 aromatic carbocycles. The summed E-state index contributed by atoms with van der Waals surface area (Å²) in [6.07, 6.45) is 6.39. The first-order valence-corrected chi connectivity index (χ1v) is 19.4. The lowest BCUT2D eigenvalue weighted by Crippen LogP contribution is -2.51. The second-order valence-electron chi connectivity index (χ2n) is 17.2. The van der Waals surface area contributed by atoms with E-state index < -0.39 is 40.3 Å². The van der Waals surface area contributed by atoms with E-state index in [-0.39, 0.29) is 47.3 Å². The van der Waals surface area contributed by atoms with Crippen molar-refractivity contribution < 1.29 is 41.8 Å². The van der Waals surface area contributed by atoms with Gasteiger partial charge in [0, 0.05) is 42.8 Å². The number of fused-ring (bicyclic) bond motifs is 2. The lowest BCUT2D eigenvalue weighted by Gasteiger charge is -2.46. The average Bonchev–Trinajstić information content (AvgIpc) is 3.93. The van der Waals surface area contributed by atoms with Gasteiger partial charge in [0.2, 0.25) is 5.91 Å². The van der Waals surface area contributed by atoms with Crippen molar-refractivity contribution in [3.8, 4) is 0 Å². The van der Waals surface area contributed by atoms with E-state index in [2.05, 4.69) is 60.5 Å². The van der Waals surface area contributed by atoms with Gasteiger partial charge in [-0.25, -0.2) is 4.39 Å². The number of hydrogen-bond donors (Lipinski definition) is 2. The third-order valence-electron chi connectivity index (χ3n) is 14.2. The highest BCUT2D eigenvalue weighted by molar-refractivity contribution is 5.94. The van der Waals surface area contributed by atoms with Crippen LogP contribution in [0.4, 0.5) is 17.6 Å². The van der Waals surface area contributed by atoms with E-state index in [1.807, 2.05) is 0 Å². The van der Waals surface area contributed by atoms with Crippen molar-refractivity contribution in [3.05, 3.63) is 76.6 Å². The molecule has 8 rings (SSSR count). The van der Waals surface area contributed by atoms with Crippen molar-refractivity contribution in [1.82, 2.24) is 10.2 Å². The molecule has 1 spiro atoms. The third kappa shape index (κ3) is 6.94. The molecule has 5 fully saturated rings. The van der Waals surface area contributed by atoms with Crippen LogP contribution in [0.3, 0.4) is 0 Å². The fraction of sp³-hybridized carbons (Fsp3) is 0.581. The maximum Gasteiger partial charge on any atom is 0.416 e. The number of benzene rings is 2. The van der Waals surface area contributed by atoms with Crippen LogP contribution in [-0.4, -0.2) is 52.6 Å². The van der Waals surface area contributed by atoms with Crippen molar-refractivity contribution in [2.45, 2.75) is 103 Å². The standard InChI is InChI=1S/C32H36F4N2O.C11H14O4/c1-20-13-28(20)31(29(39)37-18-22-14-24(32(34,35)36)16-25(33)15-22)10-8-26(17-31)38-12-11-30(21(2)19-38)9-7-23-5-3-4-6-27(23)30;1-6(12)11(3-2-7(13)5-11)9-4-8(9)10(14)15/h3-7,9,14-16,20-21,26,28H,8,10-13,17-19H2,1-2H3,(H,37,39);8-9H,2-5H2,1H3,(H,14,15)/t20?,21-,26?,28?,30-,31?;/m0./s1. The summed E-state index contributed by atoms with van der Waals surface area (Å²) >= 11 is 0. The molecule has 7 unspecified atom stereocenters. The Hall–Kier alpha value is -3.86. The van der Waals surface area contributed by atoms with Gasteiger partial charge in [0.1, 0.15) is 17.4 Å². The van der Waals surface area contributed by atoms with Crippen molar-refractivity contribution >= 4 is 29.5 Å². The molecule has 11 heteroatoms. The minimum Gasteiger partial charge on any atom is -0.481 e. The van der Waals surface area contributed by atoms with Crippen LogP contribution >= 0.6 is 0 Å². The number of hydrogen-bond acceptors (Lipinski definition) is 5. The summed E-state index contributed by atoms with van der Waals surface area (Å²) in [6, 6.07) is 11.5. The molecular formula is C43H50F4N2O5. The van der Waals surface area contributed by atoms with Crippen LogP contribution in [0.1, 0.15) is 101 Å². The van der Waals surface area contributed by atoms with Crippen molar-refractivity contribution in [2.75, 3.05) is 13.1 Å². The highest BCUT2D eigenvalue weighted by atomic mass is 19.4. The zero-order valence-corrected chi connectivity index (χ0v) is 31.2. The second kappa shape index (κ2) is 14.0. The largest absolute Gasteiger partial charge is 0.481 e. The number of ketones is 2. The van der Waals surface area contributed by atoms with Gasteiger partial charge in [-0.05, 0) is 117 Å². The molecule has 290 valence electrons. The number of halogens is 4. The number of alkyl halides is 3. The van der Waals surface area contributed by atoms with Gasteiger partial charge in [0.05, 0.1) is 16.9 Å². The number of carbonyl (C=O) groups excluding carboxylic acids is 3. The first-order valence-electron chi connectivity index (χ1n) is 19.4. The molecule has 1 heterocycles. The van der Waals surface area contributed by atoms with Gasteiger partial charge in [-0.1, -0.05) is 50.3 Å². The summed E-state index contributed by atoms with van der Waals surface area (Å²) in [7, 11) is 0.